The molecule has 1 spiro atoms. The SMILES string of the molecule is CNC(=O)[C@@H]1[C@H]2C(=O)N([C@@H](CO)C(C)C)C(C(=O)NCc3ccccc3)C23CC[C@@]1(C)O3. The van der Waals surface area contributed by atoms with Gasteiger partial charge in [0.2, 0.25) is 17.7 Å². The van der Waals surface area contributed by atoms with Gasteiger partial charge < -0.3 is 25.4 Å². The molecule has 8 heteroatoms. The number of carbonyl (C=O) groups is 3. The summed E-state index contributed by atoms with van der Waals surface area (Å²) in [4.78, 5) is 41.8. The van der Waals surface area contributed by atoms with Gasteiger partial charge in [0.1, 0.15) is 11.6 Å². The summed E-state index contributed by atoms with van der Waals surface area (Å²) in [7, 11) is 1.55. The zero-order valence-corrected chi connectivity index (χ0v) is 19.1. The number of aliphatic hydroxyl groups excluding tert-OH is 1. The normalized spacial score (nSPS) is 34.0. The quantitative estimate of drug-likeness (QED) is 0.579. The zero-order chi connectivity index (χ0) is 23.3. The summed E-state index contributed by atoms with van der Waals surface area (Å²) in [6.45, 7) is 5.74. The van der Waals surface area contributed by atoms with Crippen molar-refractivity contribution in [2.45, 2.75) is 63.4 Å². The standard InChI is InChI=1S/C24H33N3O5/c1-14(2)16(13-28)27-19(21(30)26-12-15-8-6-5-7-9-15)24-11-10-23(3,32-24)17(20(29)25-4)18(24)22(27)31/h5-9,14,16-19,28H,10-13H2,1-4H3,(H,25,29)(H,26,30)/t16-,17-,18-,19?,23+,24?/m0/s1. The van der Waals surface area contributed by atoms with Crippen LogP contribution >= 0.6 is 0 Å². The molecular weight excluding hydrogens is 410 g/mol. The molecule has 3 amide bonds. The maximum Gasteiger partial charge on any atom is 0.246 e. The second-order valence-electron chi connectivity index (χ2n) is 9.78. The Bertz CT molecular complexity index is 906. The molecule has 3 N–H and O–H groups in total. The van der Waals surface area contributed by atoms with Crippen LogP contribution in [0.5, 0.6) is 0 Å². The highest BCUT2D eigenvalue weighted by Gasteiger charge is 2.78. The van der Waals surface area contributed by atoms with Gasteiger partial charge >= 0.3 is 0 Å². The number of hydrogen-bond acceptors (Lipinski definition) is 5. The van der Waals surface area contributed by atoms with E-state index in [0.29, 0.717) is 19.4 Å². The average Bonchev–Trinajstić information content (AvgIpc) is 3.34. The Kier molecular flexibility index (Phi) is 5.79. The van der Waals surface area contributed by atoms with Crippen LogP contribution < -0.4 is 10.6 Å². The van der Waals surface area contributed by atoms with Crippen molar-refractivity contribution in [1.29, 1.82) is 0 Å². The molecule has 6 atom stereocenters. The molecule has 174 valence electrons. The zero-order valence-electron chi connectivity index (χ0n) is 19.1. The summed E-state index contributed by atoms with van der Waals surface area (Å²) in [6.07, 6.45) is 1.11. The van der Waals surface area contributed by atoms with E-state index in [1.54, 1.807) is 7.05 Å². The number of fused-ring (bicyclic) bond motifs is 1. The summed E-state index contributed by atoms with van der Waals surface area (Å²) in [6, 6.07) is 8.10. The first-order chi connectivity index (χ1) is 15.2. The second kappa shape index (κ2) is 8.15. The Morgan fingerprint density at radius 2 is 1.91 bits per heavy atom. The van der Waals surface area contributed by atoms with Crippen LogP contribution in [0, 0.1) is 17.8 Å². The minimum absolute atomic E-state index is 0.0742. The Balaban J connectivity index is 1.73. The van der Waals surface area contributed by atoms with Crippen LogP contribution in [0.25, 0.3) is 0 Å². The number of hydrogen-bond donors (Lipinski definition) is 3. The van der Waals surface area contributed by atoms with E-state index in [1.165, 1.54) is 4.90 Å². The molecule has 0 aromatic heterocycles. The summed E-state index contributed by atoms with van der Waals surface area (Å²) < 4.78 is 6.50. The van der Waals surface area contributed by atoms with Crippen molar-refractivity contribution in [3.05, 3.63) is 35.9 Å². The molecule has 2 bridgehead atoms. The highest BCUT2D eigenvalue weighted by atomic mass is 16.5. The van der Waals surface area contributed by atoms with Crippen LogP contribution in [0.15, 0.2) is 30.3 Å². The highest BCUT2D eigenvalue weighted by molar-refractivity contribution is 5.99. The molecule has 32 heavy (non-hydrogen) atoms. The largest absolute Gasteiger partial charge is 0.394 e. The first-order valence-electron chi connectivity index (χ1n) is 11.4. The van der Waals surface area contributed by atoms with Gasteiger partial charge in [0.15, 0.2) is 0 Å². The van der Waals surface area contributed by atoms with Gasteiger partial charge in [-0.2, -0.15) is 0 Å². The van der Waals surface area contributed by atoms with Gasteiger partial charge in [-0.1, -0.05) is 44.2 Å². The van der Waals surface area contributed by atoms with Crippen molar-refractivity contribution >= 4 is 17.7 Å². The van der Waals surface area contributed by atoms with E-state index in [9.17, 15) is 19.5 Å². The number of nitrogens with zero attached hydrogens (tertiary/aromatic N) is 1. The fourth-order valence-corrected chi connectivity index (χ4v) is 6.08. The van der Waals surface area contributed by atoms with E-state index < -0.39 is 35.1 Å². The van der Waals surface area contributed by atoms with Gasteiger partial charge in [-0.25, -0.2) is 0 Å². The first-order valence-corrected chi connectivity index (χ1v) is 11.4. The number of likely N-dealkylation sites (tertiary alicyclic amines) is 1. The number of amides is 3. The third-order valence-corrected chi connectivity index (χ3v) is 7.62. The van der Waals surface area contributed by atoms with E-state index in [1.807, 2.05) is 51.1 Å². The Hall–Kier alpha value is -2.45. The van der Waals surface area contributed by atoms with Crippen molar-refractivity contribution in [3.63, 3.8) is 0 Å². The maximum atomic E-state index is 13.8. The number of ether oxygens (including phenoxy) is 1. The number of benzene rings is 1. The molecule has 3 heterocycles. The first kappa shape index (κ1) is 22.7. The Labute approximate surface area is 188 Å². The van der Waals surface area contributed by atoms with Crippen molar-refractivity contribution in [3.8, 4) is 0 Å². The van der Waals surface area contributed by atoms with Gasteiger partial charge in [-0.15, -0.1) is 0 Å². The van der Waals surface area contributed by atoms with Gasteiger partial charge in [-0.05, 0) is 31.2 Å². The lowest BCUT2D eigenvalue weighted by Crippen LogP contribution is -2.58. The average molecular weight is 444 g/mol. The van der Waals surface area contributed by atoms with Crippen molar-refractivity contribution in [2.24, 2.45) is 17.8 Å². The van der Waals surface area contributed by atoms with E-state index in [2.05, 4.69) is 10.6 Å². The second-order valence-corrected chi connectivity index (χ2v) is 9.78. The Morgan fingerprint density at radius 1 is 1.22 bits per heavy atom. The highest BCUT2D eigenvalue weighted by Crippen LogP contribution is 2.63. The molecule has 8 nitrogen and oxygen atoms in total. The summed E-state index contributed by atoms with van der Waals surface area (Å²) in [5.41, 5.74) is -0.927. The molecule has 3 fully saturated rings. The van der Waals surface area contributed by atoms with Crippen LogP contribution in [-0.4, -0.2) is 64.7 Å². The van der Waals surface area contributed by atoms with Crippen molar-refractivity contribution < 1.29 is 24.2 Å². The van der Waals surface area contributed by atoms with Gasteiger partial charge in [-0.3, -0.25) is 14.4 Å². The van der Waals surface area contributed by atoms with Crippen LogP contribution in [0.4, 0.5) is 0 Å². The summed E-state index contributed by atoms with van der Waals surface area (Å²) in [5, 5.41) is 15.8. The molecule has 3 aliphatic heterocycles. The summed E-state index contributed by atoms with van der Waals surface area (Å²) in [5.74, 6) is -2.34. The molecule has 4 rings (SSSR count). The summed E-state index contributed by atoms with van der Waals surface area (Å²) >= 11 is 0. The molecular formula is C24H33N3O5. The molecule has 0 saturated carbocycles. The van der Waals surface area contributed by atoms with E-state index in [0.717, 1.165) is 5.56 Å². The Morgan fingerprint density at radius 3 is 2.50 bits per heavy atom. The number of nitrogens with one attached hydrogen (secondary N) is 2. The van der Waals surface area contributed by atoms with E-state index in [4.69, 9.17) is 4.74 Å². The van der Waals surface area contributed by atoms with Crippen LogP contribution in [0.3, 0.4) is 0 Å². The molecule has 3 saturated heterocycles. The predicted molar refractivity (Wildman–Crippen MR) is 117 cm³/mol. The minimum atomic E-state index is -1.08. The molecule has 3 aliphatic rings. The lowest BCUT2D eigenvalue weighted by Gasteiger charge is -2.38. The van der Waals surface area contributed by atoms with Gasteiger partial charge in [0.25, 0.3) is 0 Å². The monoisotopic (exact) mass is 443 g/mol. The third-order valence-electron chi connectivity index (χ3n) is 7.62. The smallest absolute Gasteiger partial charge is 0.246 e. The fraction of sp³-hybridized carbons (Fsp3) is 0.625. The molecule has 1 aromatic rings. The molecule has 0 aliphatic carbocycles. The number of rotatable bonds is 7. The van der Waals surface area contributed by atoms with Crippen LogP contribution in [-0.2, 0) is 25.7 Å². The molecule has 1 aromatic carbocycles. The minimum Gasteiger partial charge on any atom is -0.394 e. The van der Waals surface area contributed by atoms with Crippen LogP contribution in [0.2, 0.25) is 0 Å². The van der Waals surface area contributed by atoms with Crippen molar-refractivity contribution in [1.82, 2.24) is 15.5 Å². The fourth-order valence-electron chi connectivity index (χ4n) is 6.08. The number of aliphatic hydroxyl groups is 1. The van der Waals surface area contributed by atoms with Crippen molar-refractivity contribution in [2.75, 3.05) is 13.7 Å². The lowest BCUT2D eigenvalue weighted by atomic mass is 9.66. The van der Waals surface area contributed by atoms with E-state index in [-0.39, 0.29) is 30.2 Å². The topological polar surface area (TPSA) is 108 Å². The van der Waals surface area contributed by atoms with Crippen LogP contribution in [0.1, 0.15) is 39.2 Å². The van der Waals surface area contributed by atoms with E-state index >= 15 is 0 Å². The third kappa shape index (κ3) is 3.23. The molecule has 0 radical (unpaired) electrons. The predicted octanol–water partition coefficient (Wildman–Crippen LogP) is 0.830. The molecule has 2 unspecified atom stereocenters. The van der Waals surface area contributed by atoms with Gasteiger partial charge in [0, 0.05) is 13.6 Å². The maximum absolute atomic E-state index is 13.8. The lowest BCUT2D eigenvalue weighted by molar-refractivity contribution is -0.150. The number of carbonyl (C=O) groups excluding carboxylic acids is 3. The van der Waals surface area contributed by atoms with Gasteiger partial charge in [0.05, 0.1) is 30.1 Å².